The molecule has 62 heavy (non-hydrogen) atoms. The molecule has 0 atom stereocenters. The van der Waals surface area contributed by atoms with Gasteiger partial charge in [-0.3, -0.25) is 29.0 Å². The highest BCUT2D eigenvalue weighted by Crippen LogP contribution is 2.57. The number of allylic oxidation sites excluding steroid dienone is 2. The molecule has 5 heterocycles. The van der Waals surface area contributed by atoms with Crippen LogP contribution in [0.25, 0.3) is 24.9 Å². The summed E-state index contributed by atoms with van der Waals surface area (Å²) in [5, 5.41) is 39.1. The first kappa shape index (κ1) is 41.9. The lowest BCUT2D eigenvalue weighted by Gasteiger charge is -2.27. The van der Waals surface area contributed by atoms with Crippen molar-refractivity contribution in [1.29, 1.82) is 21.0 Å². The molecule has 2 aromatic carbocycles. The van der Waals surface area contributed by atoms with E-state index < -0.39 is 29.2 Å². The zero-order valence-corrected chi connectivity index (χ0v) is 36.4. The molecule has 5 aromatic rings. The Morgan fingerprint density at radius 2 is 1.18 bits per heavy atom. The minimum atomic E-state index is -2.34. The number of nitrogens with zero attached hydrogens (tertiary/aromatic N) is 8. The van der Waals surface area contributed by atoms with E-state index in [1.807, 2.05) is 36.4 Å². The fourth-order valence-electron chi connectivity index (χ4n) is 6.87. The summed E-state index contributed by atoms with van der Waals surface area (Å²) in [5.74, 6) is -3.02. The largest absolute Gasteiger partial charge is 0.459 e. The topological polar surface area (TPSA) is 213 Å². The van der Waals surface area contributed by atoms with Gasteiger partial charge in [-0.1, -0.05) is 60.7 Å². The van der Waals surface area contributed by atoms with Gasteiger partial charge in [-0.15, -0.1) is 34.0 Å². The zero-order valence-electron chi connectivity index (χ0n) is 32.3. The first-order valence-corrected chi connectivity index (χ1v) is 22.6. The van der Waals surface area contributed by atoms with Gasteiger partial charge in [-0.2, -0.15) is 21.0 Å². The molecule has 0 radical (unpaired) electrons. The van der Waals surface area contributed by atoms with Crippen molar-refractivity contribution in [1.82, 2.24) is 9.80 Å². The molecule has 2 saturated heterocycles. The molecule has 304 valence electrons. The van der Waals surface area contributed by atoms with E-state index in [0.717, 1.165) is 37.6 Å². The maximum absolute atomic E-state index is 15.0. The molecular formula is C43H26N8O6S5. The van der Waals surface area contributed by atoms with Crippen LogP contribution in [0, 0.1) is 45.3 Å². The van der Waals surface area contributed by atoms with Gasteiger partial charge in [-0.25, -0.2) is 9.98 Å². The molecule has 0 bridgehead atoms. The van der Waals surface area contributed by atoms with Crippen LogP contribution in [0.4, 0.5) is 5.00 Å². The summed E-state index contributed by atoms with van der Waals surface area (Å²) in [7, 11) is 0. The Hall–Kier alpha value is -6.84. The van der Waals surface area contributed by atoms with Crippen molar-refractivity contribution in [3.05, 3.63) is 115 Å². The van der Waals surface area contributed by atoms with E-state index in [9.17, 15) is 30.6 Å². The molecule has 3 aromatic heterocycles. The SMILES string of the molecule is CCN1C(=O)/C(=N/C2=Cc3sc4c(sc5cc(/N=C6\SC(=C(C#N)C#N)N(CC)C6=O)sc54)c3C2(C(=O)OCc2ccccc2)C(=O)OCc2ccccc2)SC1=C(C#N)C#N. The Morgan fingerprint density at radius 1 is 0.677 bits per heavy atom. The number of fused-ring (bicyclic) bond motifs is 5. The average Bonchev–Trinajstić information content (AvgIpc) is 4.12. The molecule has 14 nitrogen and oxygen atoms in total. The number of carbonyl (C=O) groups is 4. The summed E-state index contributed by atoms with van der Waals surface area (Å²) >= 11 is 5.63. The van der Waals surface area contributed by atoms with Crippen LogP contribution in [0.5, 0.6) is 0 Å². The summed E-state index contributed by atoms with van der Waals surface area (Å²) in [4.78, 5) is 69.6. The maximum atomic E-state index is 15.0. The zero-order chi connectivity index (χ0) is 43.7. The van der Waals surface area contributed by atoms with Crippen molar-refractivity contribution in [2.75, 3.05) is 13.1 Å². The minimum absolute atomic E-state index is 0.0849. The third-order valence-electron chi connectivity index (χ3n) is 9.73. The number of benzene rings is 2. The third kappa shape index (κ3) is 7.06. The van der Waals surface area contributed by atoms with Crippen LogP contribution in [0.1, 0.15) is 35.4 Å². The molecule has 2 amide bonds. The monoisotopic (exact) mass is 910 g/mol. The van der Waals surface area contributed by atoms with E-state index in [0.29, 0.717) is 25.7 Å². The number of ether oxygens (including phenoxy) is 2. The fourth-order valence-corrected chi connectivity index (χ4v) is 13.2. The summed E-state index contributed by atoms with van der Waals surface area (Å²) in [6.45, 7) is 3.37. The van der Waals surface area contributed by atoms with Crippen LogP contribution in [0.15, 0.2) is 104 Å². The highest BCUT2D eigenvalue weighted by atomic mass is 32.2. The van der Waals surface area contributed by atoms with Gasteiger partial charge in [0.15, 0.2) is 21.2 Å². The van der Waals surface area contributed by atoms with Gasteiger partial charge in [0.1, 0.15) is 52.5 Å². The van der Waals surface area contributed by atoms with Gasteiger partial charge >= 0.3 is 11.9 Å². The lowest BCUT2D eigenvalue weighted by molar-refractivity contribution is -0.164. The fraction of sp³-hybridized carbons (Fsp3) is 0.163. The molecule has 8 rings (SSSR count). The Labute approximate surface area is 373 Å². The second-order valence-electron chi connectivity index (χ2n) is 13.2. The van der Waals surface area contributed by atoms with Crippen molar-refractivity contribution >= 4 is 121 Å². The number of hydrogen-bond acceptors (Lipinski definition) is 17. The van der Waals surface area contributed by atoms with Gasteiger partial charge in [0, 0.05) is 28.2 Å². The molecular weight excluding hydrogens is 885 g/mol. The predicted octanol–water partition coefficient (Wildman–Crippen LogP) is 8.39. The summed E-state index contributed by atoms with van der Waals surface area (Å²) in [6.07, 6.45) is 1.57. The highest BCUT2D eigenvalue weighted by molar-refractivity contribution is 8.20. The molecule has 0 unspecified atom stereocenters. The van der Waals surface area contributed by atoms with Gasteiger partial charge in [-0.05, 0) is 60.6 Å². The van der Waals surface area contributed by atoms with Crippen molar-refractivity contribution in [3.63, 3.8) is 0 Å². The van der Waals surface area contributed by atoms with E-state index in [-0.39, 0.29) is 68.9 Å². The Bertz CT molecular complexity index is 3010. The number of thioether (sulfide) groups is 2. The summed E-state index contributed by atoms with van der Waals surface area (Å²) < 4.78 is 14.8. The Morgan fingerprint density at radius 3 is 1.66 bits per heavy atom. The van der Waals surface area contributed by atoms with E-state index in [2.05, 4.69) is 4.99 Å². The molecule has 3 aliphatic rings. The number of rotatable bonds is 10. The lowest BCUT2D eigenvalue weighted by atomic mass is 9.81. The number of nitriles is 4. The molecule has 0 N–H and O–H groups in total. The Balaban J connectivity index is 1.29. The highest BCUT2D eigenvalue weighted by Gasteiger charge is 2.60. The van der Waals surface area contributed by atoms with Crippen LogP contribution in [0.2, 0.25) is 0 Å². The number of hydrogen-bond donors (Lipinski definition) is 0. The molecule has 2 aliphatic heterocycles. The van der Waals surface area contributed by atoms with Gasteiger partial charge in [0.2, 0.25) is 5.41 Å². The lowest BCUT2D eigenvalue weighted by Crippen LogP contribution is -2.46. The number of esters is 2. The molecule has 1 aliphatic carbocycles. The van der Waals surface area contributed by atoms with Gasteiger partial charge in [0.25, 0.3) is 11.8 Å². The quantitative estimate of drug-likeness (QED) is 0.0734. The molecule has 19 heteroatoms. The van der Waals surface area contributed by atoms with E-state index >= 15 is 9.59 Å². The average molecular weight is 911 g/mol. The van der Waals surface area contributed by atoms with Gasteiger partial charge in [0.05, 0.1) is 19.8 Å². The number of thiophene rings is 3. The third-order valence-corrected chi connectivity index (χ3v) is 15.6. The second-order valence-corrected chi connectivity index (χ2v) is 18.3. The van der Waals surface area contributed by atoms with Crippen LogP contribution in [0.3, 0.4) is 0 Å². The van der Waals surface area contributed by atoms with Crippen molar-refractivity contribution < 1.29 is 28.7 Å². The van der Waals surface area contributed by atoms with E-state index in [1.165, 1.54) is 43.8 Å². The predicted molar refractivity (Wildman–Crippen MR) is 238 cm³/mol. The molecule has 0 spiro atoms. The van der Waals surface area contributed by atoms with Crippen LogP contribution < -0.4 is 0 Å². The second kappa shape index (κ2) is 17.3. The summed E-state index contributed by atoms with van der Waals surface area (Å²) in [5.41, 5.74) is -1.36. The minimum Gasteiger partial charge on any atom is -0.459 e. The van der Waals surface area contributed by atoms with Crippen molar-refractivity contribution in [2.45, 2.75) is 32.5 Å². The van der Waals surface area contributed by atoms with Crippen LogP contribution in [-0.4, -0.2) is 56.7 Å². The first-order valence-electron chi connectivity index (χ1n) is 18.5. The maximum Gasteiger partial charge on any atom is 0.334 e. The number of aliphatic imine (C=N–C) groups is 2. The standard InChI is InChI=1S/C43H26N8O6S5/c1-3-50-37(52)35(61-39(50)25(17-44)18-45)48-29-15-27-31(43(29,41(54)56-21-23-11-7-5-8-12-23)42(55)57-22-24-13-9-6-10-14-24)33-34(58-27)32-28(59-33)16-30(60-32)49-36-38(53)51(4-2)40(62-36)26(19-46)20-47/h5-16H,3-4,21-22H2,1-2H3/b48-35-,49-36-. The van der Waals surface area contributed by atoms with E-state index in [1.54, 1.807) is 74.5 Å². The first-order chi connectivity index (χ1) is 30.1. The van der Waals surface area contributed by atoms with Crippen molar-refractivity contribution in [3.8, 4) is 24.3 Å². The smallest absolute Gasteiger partial charge is 0.334 e. The summed E-state index contributed by atoms with van der Waals surface area (Å²) in [6, 6.07) is 27.0. The Kier molecular flexibility index (Phi) is 11.7. The van der Waals surface area contributed by atoms with Crippen LogP contribution in [-0.2, 0) is 47.3 Å². The molecule has 0 saturated carbocycles. The van der Waals surface area contributed by atoms with E-state index in [4.69, 9.17) is 14.5 Å². The number of carbonyl (C=O) groups excluding carboxylic acids is 4. The normalized spacial score (nSPS) is 16.6. The van der Waals surface area contributed by atoms with Gasteiger partial charge < -0.3 is 9.47 Å². The van der Waals surface area contributed by atoms with Crippen LogP contribution >= 0.6 is 57.5 Å². The van der Waals surface area contributed by atoms with Crippen molar-refractivity contribution in [2.24, 2.45) is 9.98 Å². The number of amides is 2. The molecule has 2 fully saturated rings.